The first-order valence-corrected chi connectivity index (χ1v) is 10.3. The van der Waals surface area contributed by atoms with Crippen LogP contribution in [0.1, 0.15) is 30.9 Å². The van der Waals surface area contributed by atoms with Gasteiger partial charge in [0.2, 0.25) is 5.91 Å². The first-order valence-electron chi connectivity index (χ1n) is 9.44. The van der Waals surface area contributed by atoms with E-state index < -0.39 is 0 Å². The first kappa shape index (κ1) is 18.4. The Labute approximate surface area is 169 Å². The number of aromatic nitrogens is 1. The van der Waals surface area contributed by atoms with Gasteiger partial charge < -0.3 is 5.32 Å². The van der Waals surface area contributed by atoms with Crippen LogP contribution in [0, 0.1) is 0 Å². The van der Waals surface area contributed by atoms with E-state index in [1.165, 1.54) is 5.56 Å². The fourth-order valence-corrected chi connectivity index (χ4v) is 4.17. The molecule has 1 N–H and O–H groups in total. The van der Waals surface area contributed by atoms with E-state index in [9.17, 15) is 4.79 Å². The Morgan fingerprint density at radius 2 is 1.68 bits per heavy atom. The van der Waals surface area contributed by atoms with Crippen LogP contribution in [0.15, 0.2) is 72.8 Å². The van der Waals surface area contributed by atoms with Crippen molar-refractivity contribution in [1.82, 2.24) is 4.98 Å². The highest BCUT2D eigenvalue weighted by molar-refractivity contribution is 7.21. The summed E-state index contributed by atoms with van der Waals surface area (Å²) in [6.07, 6.45) is 0.354. The summed E-state index contributed by atoms with van der Waals surface area (Å²) < 4.78 is 1.14. The van der Waals surface area contributed by atoms with Gasteiger partial charge in [0.15, 0.2) is 0 Å². The highest BCUT2D eigenvalue weighted by Crippen LogP contribution is 2.34. The third-order valence-corrected chi connectivity index (χ3v) is 5.81. The van der Waals surface area contributed by atoms with Crippen LogP contribution in [0.5, 0.6) is 0 Å². The lowest BCUT2D eigenvalue weighted by molar-refractivity contribution is -0.115. The Balaban J connectivity index is 1.54. The molecule has 0 saturated carbocycles. The van der Waals surface area contributed by atoms with Crippen molar-refractivity contribution in [3.63, 3.8) is 0 Å². The number of hydrogen-bond donors (Lipinski definition) is 1. The zero-order valence-electron chi connectivity index (χ0n) is 16.0. The maximum Gasteiger partial charge on any atom is 0.228 e. The van der Waals surface area contributed by atoms with E-state index in [-0.39, 0.29) is 5.91 Å². The minimum atomic E-state index is -0.0224. The largest absolute Gasteiger partial charge is 0.325 e. The van der Waals surface area contributed by atoms with Crippen LogP contribution in [0.2, 0.25) is 0 Å². The molecule has 0 saturated heterocycles. The Hall–Kier alpha value is -2.98. The minimum Gasteiger partial charge on any atom is -0.325 e. The molecule has 0 spiro atoms. The molecule has 4 heteroatoms. The summed E-state index contributed by atoms with van der Waals surface area (Å²) in [5.41, 5.74) is 5.02. The van der Waals surface area contributed by atoms with Gasteiger partial charge in [-0.3, -0.25) is 4.79 Å². The van der Waals surface area contributed by atoms with Crippen molar-refractivity contribution in [2.75, 3.05) is 5.32 Å². The summed E-state index contributed by atoms with van der Waals surface area (Å²) in [6.45, 7) is 4.33. The van der Waals surface area contributed by atoms with E-state index in [4.69, 9.17) is 4.98 Å². The molecule has 4 aromatic rings. The molecule has 3 nitrogen and oxygen atoms in total. The monoisotopic (exact) mass is 386 g/mol. The first-order chi connectivity index (χ1) is 13.6. The molecule has 0 fully saturated rings. The molecule has 0 aliphatic heterocycles. The van der Waals surface area contributed by atoms with E-state index >= 15 is 0 Å². The summed E-state index contributed by atoms with van der Waals surface area (Å²) in [4.78, 5) is 17.4. The smallest absolute Gasteiger partial charge is 0.228 e. The van der Waals surface area contributed by atoms with E-state index in [1.54, 1.807) is 11.3 Å². The number of fused-ring (bicyclic) bond motifs is 1. The molecule has 0 aliphatic rings. The average molecular weight is 387 g/mol. The molecular weight excluding hydrogens is 364 g/mol. The van der Waals surface area contributed by atoms with Gasteiger partial charge in [0.05, 0.1) is 22.3 Å². The highest BCUT2D eigenvalue weighted by Gasteiger charge is 2.13. The number of anilines is 1. The number of rotatable bonds is 5. The number of para-hydroxylation sites is 2. The number of nitrogens with one attached hydrogen (secondary N) is 1. The number of carbonyl (C=O) groups is 1. The van der Waals surface area contributed by atoms with Gasteiger partial charge in [-0.05, 0) is 41.3 Å². The van der Waals surface area contributed by atoms with Crippen LogP contribution >= 0.6 is 11.3 Å². The van der Waals surface area contributed by atoms with Crippen LogP contribution in [0.3, 0.4) is 0 Å². The van der Waals surface area contributed by atoms with E-state index in [2.05, 4.69) is 37.4 Å². The topological polar surface area (TPSA) is 42.0 Å². The molecular formula is C24H22N2OS. The fourth-order valence-electron chi connectivity index (χ4n) is 3.17. The second-order valence-electron chi connectivity index (χ2n) is 7.15. The second kappa shape index (κ2) is 7.95. The minimum absolute atomic E-state index is 0.0224. The van der Waals surface area contributed by atoms with Crippen LogP contribution in [-0.4, -0.2) is 10.9 Å². The molecule has 0 aliphatic carbocycles. The molecule has 0 radical (unpaired) electrons. The van der Waals surface area contributed by atoms with E-state index in [1.807, 2.05) is 54.6 Å². The molecule has 0 bridgehead atoms. The third-order valence-electron chi connectivity index (χ3n) is 4.74. The summed E-state index contributed by atoms with van der Waals surface area (Å²) in [6, 6.07) is 24.2. The number of amides is 1. The Bertz CT molecular complexity index is 1080. The van der Waals surface area contributed by atoms with Gasteiger partial charge in [0.25, 0.3) is 0 Å². The van der Waals surface area contributed by atoms with Gasteiger partial charge in [-0.15, -0.1) is 11.3 Å². The predicted octanol–water partition coefficient (Wildman–Crippen LogP) is 6.27. The van der Waals surface area contributed by atoms with Crippen LogP contribution in [0.4, 0.5) is 5.69 Å². The van der Waals surface area contributed by atoms with Gasteiger partial charge in [0, 0.05) is 5.56 Å². The molecule has 1 heterocycles. The van der Waals surface area contributed by atoms with Crippen LogP contribution in [-0.2, 0) is 11.2 Å². The quantitative estimate of drug-likeness (QED) is 0.439. The van der Waals surface area contributed by atoms with Crippen molar-refractivity contribution >= 4 is 33.1 Å². The number of hydrogen-bond acceptors (Lipinski definition) is 3. The molecule has 3 aromatic carbocycles. The maximum atomic E-state index is 12.6. The molecule has 0 unspecified atom stereocenters. The molecule has 4 rings (SSSR count). The van der Waals surface area contributed by atoms with Gasteiger partial charge in [-0.25, -0.2) is 4.98 Å². The molecule has 140 valence electrons. The average Bonchev–Trinajstić information content (AvgIpc) is 3.12. The van der Waals surface area contributed by atoms with Crippen molar-refractivity contribution < 1.29 is 4.79 Å². The third kappa shape index (κ3) is 3.97. The van der Waals surface area contributed by atoms with Gasteiger partial charge in [-0.2, -0.15) is 0 Å². The fraction of sp³-hybridized carbons (Fsp3) is 0.167. The predicted molar refractivity (Wildman–Crippen MR) is 118 cm³/mol. The van der Waals surface area contributed by atoms with Gasteiger partial charge in [-0.1, -0.05) is 62.4 Å². The Kier molecular flexibility index (Phi) is 5.22. The maximum absolute atomic E-state index is 12.6. The number of benzene rings is 3. The standard InChI is InChI=1S/C24H22N2OS/c1-16(2)18-13-11-17(12-14-18)15-23(27)25-20-8-4-3-7-19(20)24-26-21-9-5-6-10-22(21)28-24/h3-14,16H,15H2,1-2H3,(H,25,27). The van der Waals surface area contributed by atoms with Gasteiger partial charge >= 0.3 is 0 Å². The summed E-state index contributed by atoms with van der Waals surface area (Å²) >= 11 is 1.64. The second-order valence-corrected chi connectivity index (χ2v) is 8.18. The van der Waals surface area contributed by atoms with E-state index in [0.717, 1.165) is 32.0 Å². The number of carbonyl (C=O) groups excluding carboxylic acids is 1. The van der Waals surface area contributed by atoms with E-state index in [0.29, 0.717) is 12.3 Å². The molecule has 0 atom stereocenters. The van der Waals surface area contributed by atoms with Crippen LogP contribution < -0.4 is 5.32 Å². The molecule has 1 amide bonds. The van der Waals surface area contributed by atoms with Crippen molar-refractivity contribution in [2.24, 2.45) is 0 Å². The SMILES string of the molecule is CC(C)c1ccc(CC(=O)Nc2ccccc2-c2nc3ccccc3s2)cc1. The van der Waals surface area contributed by atoms with Crippen molar-refractivity contribution in [2.45, 2.75) is 26.2 Å². The van der Waals surface area contributed by atoms with Crippen molar-refractivity contribution in [3.05, 3.63) is 83.9 Å². The molecule has 1 aromatic heterocycles. The highest BCUT2D eigenvalue weighted by atomic mass is 32.1. The summed E-state index contributed by atoms with van der Waals surface area (Å²) in [7, 11) is 0. The van der Waals surface area contributed by atoms with Crippen molar-refractivity contribution in [1.29, 1.82) is 0 Å². The summed E-state index contributed by atoms with van der Waals surface area (Å²) in [5, 5.41) is 3.98. The van der Waals surface area contributed by atoms with Gasteiger partial charge in [0.1, 0.15) is 5.01 Å². The zero-order valence-corrected chi connectivity index (χ0v) is 16.8. The zero-order chi connectivity index (χ0) is 19.5. The lowest BCUT2D eigenvalue weighted by Crippen LogP contribution is -2.15. The van der Waals surface area contributed by atoms with Crippen LogP contribution in [0.25, 0.3) is 20.8 Å². The normalized spacial score (nSPS) is 11.1. The Morgan fingerprint density at radius 1 is 0.964 bits per heavy atom. The molecule has 28 heavy (non-hydrogen) atoms. The lowest BCUT2D eigenvalue weighted by Gasteiger charge is -2.10. The van der Waals surface area contributed by atoms with Crippen molar-refractivity contribution in [3.8, 4) is 10.6 Å². The summed E-state index contributed by atoms with van der Waals surface area (Å²) in [5.74, 6) is 0.467. The number of thiazole rings is 1. The Morgan fingerprint density at radius 3 is 2.43 bits per heavy atom. The lowest BCUT2D eigenvalue weighted by atomic mass is 10.0. The number of nitrogens with zero attached hydrogens (tertiary/aromatic N) is 1.